The molecule has 1 saturated carbocycles. The molecular weight excluding hydrogens is 222 g/mol. The number of likely N-dealkylation sites (tertiary alicyclic amines) is 1. The van der Waals surface area contributed by atoms with Gasteiger partial charge in [-0.05, 0) is 50.3 Å². The van der Waals surface area contributed by atoms with Crippen LogP contribution in [0.3, 0.4) is 0 Å². The Hall–Kier alpha value is -1.09. The molecule has 3 rings (SSSR count). The quantitative estimate of drug-likeness (QED) is 0.890. The summed E-state index contributed by atoms with van der Waals surface area (Å²) in [5.41, 5.74) is 6.88. The average Bonchev–Trinajstić information content (AvgIpc) is 2.98. The van der Waals surface area contributed by atoms with Crippen LogP contribution < -0.4 is 5.73 Å². The van der Waals surface area contributed by atoms with E-state index in [4.69, 9.17) is 5.73 Å². The second-order valence-corrected chi connectivity index (χ2v) is 5.78. The zero-order valence-electron chi connectivity index (χ0n) is 11.0. The van der Waals surface area contributed by atoms with Gasteiger partial charge in [0, 0.05) is 12.6 Å². The fourth-order valence-electron chi connectivity index (χ4n) is 3.72. The number of hydrogen-bond donors (Lipinski definition) is 1. The van der Waals surface area contributed by atoms with Crippen LogP contribution in [-0.4, -0.2) is 22.5 Å². The lowest BCUT2D eigenvalue weighted by Crippen LogP contribution is -2.34. The first-order valence-corrected chi connectivity index (χ1v) is 7.28. The Morgan fingerprint density at radius 1 is 1.17 bits per heavy atom. The Morgan fingerprint density at radius 3 is 2.78 bits per heavy atom. The lowest BCUT2D eigenvalue weighted by Gasteiger charge is -2.29. The maximum absolute atomic E-state index is 5.76. The summed E-state index contributed by atoms with van der Waals surface area (Å²) in [5.74, 6) is 1.58. The highest BCUT2D eigenvalue weighted by molar-refractivity contribution is 5.28. The van der Waals surface area contributed by atoms with Gasteiger partial charge >= 0.3 is 0 Å². The number of rotatable bonds is 3. The van der Waals surface area contributed by atoms with E-state index in [1.54, 1.807) is 0 Å². The minimum absolute atomic E-state index is 0.643. The highest BCUT2D eigenvalue weighted by Crippen LogP contribution is 2.35. The SMILES string of the molecule is Nc1cccc(CN2CCCC2C2CCCC2)n1. The van der Waals surface area contributed by atoms with E-state index in [1.165, 1.54) is 45.1 Å². The summed E-state index contributed by atoms with van der Waals surface area (Å²) in [5, 5.41) is 0. The van der Waals surface area contributed by atoms with Crippen LogP contribution in [0.15, 0.2) is 18.2 Å². The summed E-state index contributed by atoms with van der Waals surface area (Å²) >= 11 is 0. The van der Waals surface area contributed by atoms with E-state index in [1.807, 2.05) is 12.1 Å². The number of nitrogens with two attached hydrogens (primary N) is 1. The summed E-state index contributed by atoms with van der Waals surface area (Å²) in [6, 6.07) is 6.77. The normalized spacial score (nSPS) is 25.9. The molecule has 98 valence electrons. The van der Waals surface area contributed by atoms with E-state index in [0.29, 0.717) is 5.82 Å². The molecule has 0 spiro atoms. The standard InChI is InChI=1S/C15H23N3/c16-15-9-3-7-13(17-15)11-18-10-4-8-14(18)12-5-1-2-6-12/h3,7,9,12,14H,1-2,4-6,8,10-11H2,(H2,16,17). The molecule has 2 heterocycles. The number of nitrogens with zero attached hydrogens (tertiary/aromatic N) is 2. The number of aromatic nitrogens is 1. The maximum atomic E-state index is 5.76. The number of hydrogen-bond acceptors (Lipinski definition) is 3. The van der Waals surface area contributed by atoms with Gasteiger partial charge in [0.1, 0.15) is 5.82 Å². The van der Waals surface area contributed by atoms with Gasteiger partial charge in [0.05, 0.1) is 5.69 Å². The number of nitrogen functional groups attached to an aromatic ring is 1. The third-order valence-corrected chi connectivity index (χ3v) is 4.55. The second kappa shape index (κ2) is 5.27. The maximum Gasteiger partial charge on any atom is 0.123 e. The fourth-order valence-corrected chi connectivity index (χ4v) is 3.72. The van der Waals surface area contributed by atoms with E-state index >= 15 is 0 Å². The van der Waals surface area contributed by atoms with E-state index in [0.717, 1.165) is 24.2 Å². The Bertz CT molecular complexity index is 398. The predicted molar refractivity (Wildman–Crippen MR) is 74.0 cm³/mol. The molecule has 3 nitrogen and oxygen atoms in total. The first-order chi connectivity index (χ1) is 8.83. The van der Waals surface area contributed by atoms with Crippen LogP contribution in [0.4, 0.5) is 5.82 Å². The van der Waals surface area contributed by atoms with Crippen LogP contribution >= 0.6 is 0 Å². The van der Waals surface area contributed by atoms with E-state index in [-0.39, 0.29) is 0 Å². The first-order valence-electron chi connectivity index (χ1n) is 7.28. The Kier molecular flexibility index (Phi) is 3.50. The molecule has 0 aromatic carbocycles. The van der Waals surface area contributed by atoms with Crippen LogP contribution in [0.2, 0.25) is 0 Å². The summed E-state index contributed by atoms with van der Waals surface area (Å²) in [6.07, 6.45) is 8.48. The number of pyridine rings is 1. The molecular formula is C15H23N3. The molecule has 1 saturated heterocycles. The van der Waals surface area contributed by atoms with E-state index in [2.05, 4.69) is 16.0 Å². The minimum atomic E-state index is 0.643. The topological polar surface area (TPSA) is 42.1 Å². The Morgan fingerprint density at radius 2 is 2.00 bits per heavy atom. The van der Waals surface area contributed by atoms with Crippen molar-refractivity contribution in [2.45, 2.75) is 51.1 Å². The molecule has 1 aromatic heterocycles. The predicted octanol–water partition coefficient (Wildman–Crippen LogP) is 2.82. The Labute approximate surface area is 109 Å². The van der Waals surface area contributed by atoms with Crippen LogP contribution in [0, 0.1) is 5.92 Å². The van der Waals surface area contributed by atoms with Gasteiger partial charge in [0.25, 0.3) is 0 Å². The lowest BCUT2D eigenvalue weighted by molar-refractivity contribution is 0.181. The van der Waals surface area contributed by atoms with E-state index in [9.17, 15) is 0 Å². The molecule has 18 heavy (non-hydrogen) atoms. The lowest BCUT2D eigenvalue weighted by atomic mass is 9.96. The van der Waals surface area contributed by atoms with Crippen molar-refractivity contribution in [1.82, 2.24) is 9.88 Å². The van der Waals surface area contributed by atoms with Crippen molar-refractivity contribution in [3.8, 4) is 0 Å². The van der Waals surface area contributed by atoms with Crippen molar-refractivity contribution < 1.29 is 0 Å². The van der Waals surface area contributed by atoms with Crippen LogP contribution in [0.1, 0.15) is 44.2 Å². The van der Waals surface area contributed by atoms with Gasteiger partial charge in [-0.15, -0.1) is 0 Å². The highest BCUT2D eigenvalue weighted by atomic mass is 15.2. The van der Waals surface area contributed by atoms with Crippen molar-refractivity contribution in [2.24, 2.45) is 5.92 Å². The smallest absolute Gasteiger partial charge is 0.123 e. The molecule has 0 bridgehead atoms. The zero-order chi connectivity index (χ0) is 12.4. The van der Waals surface area contributed by atoms with Crippen LogP contribution in [0.25, 0.3) is 0 Å². The van der Waals surface area contributed by atoms with Crippen molar-refractivity contribution in [3.05, 3.63) is 23.9 Å². The van der Waals surface area contributed by atoms with Crippen LogP contribution in [-0.2, 0) is 6.54 Å². The average molecular weight is 245 g/mol. The third-order valence-electron chi connectivity index (χ3n) is 4.55. The molecule has 2 fully saturated rings. The third kappa shape index (κ3) is 2.51. The van der Waals surface area contributed by atoms with Crippen molar-refractivity contribution in [2.75, 3.05) is 12.3 Å². The van der Waals surface area contributed by atoms with Gasteiger partial charge in [-0.25, -0.2) is 4.98 Å². The van der Waals surface area contributed by atoms with E-state index < -0.39 is 0 Å². The van der Waals surface area contributed by atoms with Crippen LogP contribution in [0.5, 0.6) is 0 Å². The van der Waals surface area contributed by atoms with Gasteiger partial charge in [-0.2, -0.15) is 0 Å². The highest BCUT2D eigenvalue weighted by Gasteiger charge is 2.33. The van der Waals surface area contributed by atoms with Crippen molar-refractivity contribution in [3.63, 3.8) is 0 Å². The second-order valence-electron chi connectivity index (χ2n) is 5.78. The van der Waals surface area contributed by atoms with Gasteiger partial charge in [-0.3, -0.25) is 4.90 Å². The molecule has 1 aliphatic heterocycles. The molecule has 1 aliphatic carbocycles. The van der Waals surface area contributed by atoms with Gasteiger partial charge in [0.2, 0.25) is 0 Å². The molecule has 2 aliphatic rings. The first kappa shape index (κ1) is 12.0. The summed E-state index contributed by atoms with van der Waals surface area (Å²) in [6.45, 7) is 2.21. The largest absolute Gasteiger partial charge is 0.384 e. The van der Waals surface area contributed by atoms with Crippen molar-refractivity contribution >= 4 is 5.82 Å². The summed E-state index contributed by atoms with van der Waals surface area (Å²) in [4.78, 5) is 7.07. The minimum Gasteiger partial charge on any atom is -0.384 e. The molecule has 3 heteroatoms. The molecule has 1 unspecified atom stereocenters. The summed E-state index contributed by atoms with van der Waals surface area (Å²) < 4.78 is 0. The molecule has 2 N–H and O–H groups in total. The van der Waals surface area contributed by atoms with Gasteiger partial charge in [0.15, 0.2) is 0 Å². The summed E-state index contributed by atoms with van der Waals surface area (Å²) in [7, 11) is 0. The Balaban J connectivity index is 1.67. The van der Waals surface area contributed by atoms with Gasteiger partial charge < -0.3 is 5.73 Å². The molecule has 0 radical (unpaired) electrons. The number of anilines is 1. The van der Waals surface area contributed by atoms with Crippen molar-refractivity contribution in [1.29, 1.82) is 0 Å². The molecule has 1 aromatic rings. The zero-order valence-corrected chi connectivity index (χ0v) is 11.0. The molecule has 1 atom stereocenters. The monoisotopic (exact) mass is 245 g/mol. The fraction of sp³-hybridized carbons (Fsp3) is 0.667. The molecule has 0 amide bonds. The van der Waals surface area contributed by atoms with Gasteiger partial charge in [-0.1, -0.05) is 18.9 Å².